The molecule has 0 saturated heterocycles. The van der Waals surface area contributed by atoms with Gasteiger partial charge >= 0.3 is 5.97 Å². The van der Waals surface area contributed by atoms with E-state index < -0.39 is 17.7 Å². The number of hydrogen-bond acceptors (Lipinski definition) is 6. The van der Waals surface area contributed by atoms with Gasteiger partial charge in [0.25, 0.3) is 11.8 Å². The highest BCUT2D eigenvalue weighted by atomic mass is 19.1. The zero-order valence-corrected chi connectivity index (χ0v) is 22.4. The van der Waals surface area contributed by atoms with Gasteiger partial charge in [-0.05, 0) is 79.1 Å². The third-order valence-electron chi connectivity index (χ3n) is 6.37. The number of esters is 1. The number of benzene rings is 3. The number of amides is 2. The van der Waals surface area contributed by atoms with E-state index in [9.17, 15) is 18.8 Å². The number of carbonyl (C=O) groups is 3. The monoisotopic (exact) mass is 544 g/mol. The third-order valence-corrected chi connectivity index (χ3v) is 6.37. The first-order valence-corrected chi connectivity index (χ1v) is 12.5. The van der Waals surface area contributed by atoms with Gasteiger partial charge in [0.1, 0.15) is 17.3 Å². The van der Waals surface area contributed by atoms with Crippen molar-refractivity contribution in [1.29, 1.82) is 0 Å². The molecule has 2 amide bonds. The molecule has 9 heteroatoms. The molecule has 206 valence electrons. The van der Waals surface area contributed by atoms with Gasteiger partial charge in [0.05, 0.1) is 25.4 Å². The Labute approximate surface area is 231 Å². The van der Waals surface area contributed by atoms with E-state index in [1.165, 1.54) is 31.4 Å². The number of halogens is 1. The number of nitrogens with zero attached hydrogens (tertiary/aromatic N) is 1. The summed E-state index contributed by atoms with van der Waals surface area (Å²) in [6, 6.07) is 19.8. The van der Waals surface area contributed by atoms with Gasteiger partial charge in [-0.15, -0.1) is 0 Å². The number of methoxy groups -OCH3 is 2. The predicted octanol–water partition coefficient (Wildman–Crippen LogP) is 4.77. The third kappa shape index (κ3) is 6.74. The molecule has 3 aromatic rings. The van der Waals surface area contributed by atoms with Crippen LogP contribution >= 0.6 is 0 Å². The molecule has 0 radical (unpaired) electrons. The maximum atomic E-state index is 13.4. The van der Waals surface area contributed by atoms with Gasteiger partial charge in [0.15, 0.2) is 6.61 Å². The molecule has 3 aromatic carbocycles. The van der Waals surface area contributed by atoms with Crippen molar-refractivity contribution >= 4 is 29.5 Å². The topological polar surface area (TPSA) is 94.2 Å². The van der Waals surface area contributed by atoms with Gasteiger partial charge in [-0.3, -0.25) is 9.59 Å². The predicted molar refractivity (Wildman–Crippen MR) is 148 cm³/mol. The smallest absolute Gasteiger partial charge is 0.340 e. The summed E-state index contributed by atoms with van der Waals surface area (Å²) in [5.41, 5.74) is 3.15. The summed E-state index contributed by atoms with van der Waals surface area (Å²) in [4.78, 5) is 39.7. The summed E-state index contributed by atoms with van der Waals surface area (Å²) in [6.07, 6.45) is 2.23. The van der Waals surface area contributed by atoms with Crippen molar-refractivity contribution < 1.29 is 33.0 Å². The average Bonchev–Trinajstić information content (AvgIpc) is 3.20. The van der Waals surface area contributed by atoms with Crippen LogP contribution in [0.3, 0.4) is 0 Å². The number of anilines is 1. The lowest BCUT2D eigenvalue weighted by atomic mass is 10.0. The average molecular weight is 545 g/mol. The lowest BCUT2D eigenvalue weighted by Gasteiger charge is -2.18. The molecule has 0 aromatic heterocycles. The number of carbonyl (C=O) groups excluding carboxylic acids is 3. The van der Waals surface area contributed by atoms with E-state index in [2.05, 4.69) is 5.32 Å². The van der Waals surface area contributed by atoms with Crippen molar-refractivity contribution in [2.45, 2.75) is 13.3 Å². The van der Waals surface area contributed by atoms with E-state index in [1.807, 2.05) is 24.3 Å². The largest absolute Gasteiger partial charge is 0.497 e. The molecule has 0 bridgehead atoms. The Morgan fingerprint density at radius 1 is 0.925 bits per heavy atom. The van der Waals surface area contributed by atoms with Crippen LogP contribution in [0.1, 0.15) is 18.1 Å². The molecule has 0 aliphatic carbocycles. The first-order valence-electron chi connectivity index (χ1n) is 12.5. The van der Waals surface area contributed by atoms with Crippen LogP contribution in [0.25, 0.3) is 6.08 Å². The highest BCUT2D eigenvalue weighted by Crippen LogP contribution is 2.32. The van der Waals surface area contributed by atoms with E-state index in [1.54, 1.807) is 49.3 Å². The van der Waals surface area contributed by atoms with E-state index in [-0.39, 0.29) is 23.7 Å². The van der Waals surface area contributed by atoms with Crippen molar-refractivity contribution in [3.63, 3.8) is 0 Å². The van der Waals surface area contributed by atoms with Gasteiger partial charge in [-0.1, -0.05) is 24.3 Å². The molecule has 1 heterocycles. The molecule has 1 aliphatic heterocycles. The molecular weight excluding hydrogens is 515 g/mol. The minimum Gasteiger partial charge on any atom is -0.497 e. The molecule has 4 rings (SSSR count). The van der Waals surface area contributed by atoms with Gasteiger partial charge in [0.2, 0.25) is 0 Å². The lowest BCUT2D eigenvalue weighted by Crippen LogP contribution is -2.27. The summed E-state index contributed by atoms with van der Waals surface area (Å²) >= 11 is 0. The van der Waals surface area contributed by atoms with Crippen LogP contribution in [0.15, 0.2) is 89.6 Å². The van der Waals surface area contributed by atoms with Crippen molar-refractivity contribution in [2.75, 3.05) is 32.7 Å². The molecule has 0 spiro atoms. The number of nitrogens with one attached hydrogen (secondary N) is 1. The molecule has 1 N–H and O–H groups in total. The van der Waals surface area contributed by atoms with Crippen molar-refractivity contribution in [3.8, 4) is 11.5 Å². The number of rotatable bonds is 10. The minimum absolute atomic E-state index is 0.222. The number of ether oxygens (including phenoxy) is 3. The zero-order valence-electron chi connectivity index (χ0n) is 22.4. The maximum absolute atomic E-state index is 13.4. The Morgan fingerprint density at radius 2 is 1.57 bits per heavy atom. The molecule has 8 nitrogen and oxygen atoms in total. The molecule has 40 heavy (non-hydrogen) atoms. The summed E-state index contributed by atoms with van der Waals surface area (Å²) in [5, 5.41) is 2.62. The summed E-state index contributed by atoms with van der Waals surface area (Å²) in [6.45, 7) is 1.88. The summed E-state index contributed by atoms with van der Waals surface area (Å²) < 4.78 is 28.7. The Bertz CT molecular complexity index is 1440. The van der Waals surface area contributed by atoms with Crippen LogP contribution in [-0.4, -0.2) is 50.1 Å². The summed E-state index contributed by atoms with van der Waals surface area (Å²) in [7, 11) is 2.88. The fourth-order valence-corrected chi connectivity index (χ4v) is 4.24. The molecule has 0 unspecified atom stereocenters. The number of allylic oxidation sites excluding steroid dienone is 1. The SMILES string of the molecule is COC(=O)C1=C(C)N(CCc2ccc(OC)cc2)C(=O)/C1=C\c1ccc(OCC(=O)Nc2ccc(F)cc2)cc1. The van der Waals surface area contributed by atoms with Crippen LogP contribution in [0, 0.1) is 5.82 Å². The maximum Gasteiger partial charge on any atom is 0.340 e. The quantitative estimate of drug-likeness (QED) is 0.292. The minimum atomic E-state index is -0.587. The second kappa shape index (κ2) is 12.8. The van der Waals surface area contributed by atoms with Gasteiger partial charge in [0, 0.05) is 17.9 Å². The molecule has 0 saturated carbocycles. The van der Waals surface area contributed by atoms with E-state index in [0.717, 1.165) is 11.3 Å². The van der Waals surface area contributed by atoms with Crippen molar-refractivity contribution in [2.24, 2.45) is 0 Å². The lowest BCUT2D eigenvalue weighted by molar-refractivity contribution is -0.136. The van der Waals surface area contributed by atoms with Gasteiger partial charge in [-0.2, -0.15) is 0 Å². The highest BCUT2D eigenvalue weighted by molar-refractivity contribution is 6.16. The van der Waals surface area contributed by atoms with E-state index >= 15 is 0 Å². The standard InChI is InChI=1S/C31H29FN2O6/c1-20-29(31(37)39-3)27(30(36)34(20)17-16-21-4-12-25(38-2)13-5-21)18-22-6-14-26(15-7-22)40-19-28(35)33-24-10-8-23(32)9-11-24/h4-15,18H,16-17,19H2,1-3H3,(H,33,35)/b27-18-. The Kier molecular flexibility index (Phi) is 8.96. The first kappa shape index (κ1) is 28.1. The van der Waals surface area contributed by atoms with Gasteiger partial charge in [-0.25, -0.2) is 9.18 Å². The molecular formula is C31H29FN2O6. The molecule has 0 atom stereocenters. The Morgan fingerprint density at radius 3 is 2.20 bits per heavy atom. The molecule has 0 fully saturated rings. The van der Waals surface area contributed by atoms with E-state index in [4.69, 9.17) is 14.2 Å². The second-order valence-electron chi connectivity index (χ2n) is 8.98. The van der Waals surface area contributed by atoms with Crippen molar-refractivity contribution in [3.05, 3.63) is 107 Å². The van der Waals surface area contributed by atoms with Crippen LogP contribution in [0.2, 0.25) is 0 Å². The fourth-order valence-electron chi connectivity index (χ4n) is 4.24. The Balaban J connectivity index is 1.43. The second-order valence-corrected chi connectivity index (χ2v) is 8.98. The molecule has 1 aliphatic rings. The fraction of sp³-hybridized carbons (Fsp3) is 0.194. The van der Waals surface area contributed by atoms with Crippen LogP contribution in [0.5, 0.6) is 11.5 Å². The summed E-state index contributed by atoms with van der Waals surface area (Å²) in [5.74, 6) is -0.475. The zero-order chi connectivity index (χ0) is 28.6. The van der Waals surface area contributed by atoms with Gasteiger partial charge < -0.3 is 24.4 Å². The van der Waals surface area contributed by atoms with E-state index in [0.29, 0.717) is 35.7 Å². The number of hydrogen-bond donors (Lipinski definition) is 1. The first-order chi connectivity index (χ1) is 19.3. The van der Waals surface area contributed by atoms with Crippen LogP contribution in [-0.2, 0) is 25.5 Å². The highest BCUT2D eigenvalue weighted by Gasteiger charge is 2.36. The Hall–Kier alpha value is -4.92. The van der Waals surface area contributed by atoms with Crippen LogP contribution < -0.4 is 14.8 Å². The van der Waals surface area contributed by atoms with Crippen LogP contribution in [0.4, 0.5) is 10.1 Å². The normalized spacial score (nSPS) is 13.9. The van der Waals surface area contributed by atoms with Crippen molar-refractivity contribution in [1.82, 2.24) is 4.90 Å².